The van der Waals surface area contributed by atoms with Crippen molar-refractivity contribution in [2.45, 2.75) is 57.4 Å². The van der Waals surface area contributed by atoms with Crippen molar-refractivity contribution >= 4 is 5.97 Å². The Bertz CT molecular complexity index is 257. The van der Waals surface area contributed by atoms with E-state index in [0.717, 1.165) is 25.4 Å². The van der Waals surface area contributed by atoms with E-state index in [1.807, 2.05) is 0 Å². The molecule has 2 aliphatic rings. The summed E-state index contributed by atoms with van der Waals surface area (Å²) in [7, 11) is 0. The Morgan fingerprint density at radius 1 is 1.31 bits per heavy atom. The summed E-state index contributed by atoms with van der Waals surface area (Å²) >= 11 is 0. The van der Waals surface area contributed by atoms with Gasteiger partial charge in [0.05, 0.1) is 6.42 Å². The second kappa shape index (κ2) is 4.74. The van der Waals surface area contributed by atoms with E-state index in [9.17, 15) is 4.79 Å². The van der Waals surface area contributed by atoms with Crippen LogP contribution >= 0.6 is 0 Å². The zero-order valence-corrected chi connectivity index (χ0v) is 10.2. The number of nitrogens with zero attached hydrogens (tertiary/aromatic N) is 1. The summed E-state index contributed by atoms with van der Waals surface area (Å²) in [6.07, 6.45) is 7.82. The van der Waals surface area contributed by atoms with Crippen LogP contribution in [-0.4, -0.2) is 34.6 Å². The highest BCUT2D eigenvalue weighted by Gasteiger charge is 2.38. The molecule has 1 saturated heterocycles. The molecule has 2 fully saturated rings. The first-order chi connectivity index (χ1) is 7.60. The zero-order chi connectivity index (χ0) is 11.6. The van der Waals surface area contributed by atoms with Crippen molar-refractivity contribution in [1.29, 1.82) is 0 Å². The lowest BCUT2D eigenvalue weighted by molar-refractivity contribution is -0.140. The predicted octanol–water partition coefficient (Wildman–Crippen LogP) is 2.51. The number of carbonyl (C=O) groups is 1. The average molecular weight is 225 g/mol. The molecule has 92 valence electrons. The number of carboxylic acid groups (broad SMARTS) is 1. The summed E-state index contributed by atoms with van der Waals surface area (Å²) < 4.78 is 0. The Labute approximate surface area is 97.8 Å². The predicted molar refractivity (Wildman–Crippen MR) is 63.4 cm³/mol. The molecule has 0 bridgehead atoms. The van der Waals surface area contributed by atoms with E-state index in [1.54, 1.807) is 0 Å². The molecule has 3 heteroatoms. The van der Waals surface area contributed by atoms with Crippen molar-refractivity contribution in [3.63, 3.8) is 0 Å². The van der Waals surface area contributed by atoms with E-state index in [1.165, 1.54) is 32.1 Å². The fraction of sp³-hybridized carbons (Fsp3) is 0.923. The molecule has 1 aliphatic heterocycles. The molecule has 1 unspecified atom stereocenters. The first kappa shape index (κ1) is 11.9. The topological polar surface area (TPSA) is 40.5 Å². The van der Waals surface area contributed by atoms with Crippen LogP contribution in [-0.2, 0) is 4.79 Å². The SMILES string of the molecule is CC(CC(=O)O)(CC1CCC1)N1CCCC1. The first-order valence-corrected chi connectivity index (χ1v) is 6.57. The summed E-state index contributed by atoms with van der Waals surface area (Å²) in [6.45, 7) is 4.35. The van der Waals surface area contributed by atoms with Crippen LogP contribution in [0.3, 0.4) is 0 Å². The van der Waals surface area contributed by atoms with Gasteiger partial charge in [-0.3, -0.25) is 9.69 Å². The summed E-state index contributed by atoms with van der Waals surface area (Å²) in [5.41, 5.74) is -0.0899. The third-order valence-corrected chi connectivity index (χ3v) is 4.35. The second-order valence-corrected chi connectivity index (χ2v) is 5.76. The summed E-state index contributed by atoms with van der Waals surface area (Å²) in [6, 6.07) is 0. The molecule has 1 aliphatic carbocycles. The molecule has 1 saturated carbocycles. The van der Waals surface area contributed by atoms with Crippen LogP contribution in [0.15, 0.2) is 0 Å². The lowest BCUT2D eigenvalue weighted by atomic mass is 9.75. The van der Waals surface area contributed by atoms with Gasteiger partial charge in [-0.1, -0.05) is 19.3 Å². The van der Waals surface area contributed by atoms with Gasteiger partial charge in [-0.2, -0.15) is 0 Å². The van der Waals surface area contributed by atoms with Gasteiger partial charge in [0.2, 0.25) is 0 Å². The van der Waals surface area contributed by atoms with Crippen LogP contribution in [0.25, 0.3) is 0 Å². The Balaban J connectivity index is 2.00. The molecule has 3 nitrogen and oxygen atoms in total. The molecule has 1 N–H and O–H groups in total. The normalized spacial score (nSPS) is 26.3. The molecule has 0 amide bonds. The smallest absolute Gasteiger partial charge is 0.305 e. The van der Waals surface area contributed by atoms with Gasteiger partial charge in [-0.25, -0.2) is 0 Å². The van der Waals surface area contributed by atoms with Crippen LogP contribution in [0.2, 0.25) is 0 Å². The molecule has 0 spiro atoms. The van der Waals surface area contributed by atoms with Crippen molar-refractivity contribution in [2.24, 2.45) is 5.92 Å². The lowest BCUT2D eigenvalue weighted by Gasteiger charge is -2.42. The largest absolute Gasteiger partial charge is 0.481 e. The van der Waals surface area contributed by atoms with E-state index >= 15 is 0 Å². The molecular formula is C13H23NO2. The standard InChI is InChI=1S/C13H23NO2/c1-13(10-12(15)16,9-11-5-4-6-11)14-7-2-3-8-14/h11H,2-10H2,1H3,(H,15,16). The molecule has 0 radical (unpaired) electrons. The molecular weight excluding hydrogens is 202 g/mol. The molecule has 1 atom stereocenters. The number of carboxylic acids is 1. The van der Waals surface area contributed by atoms with Gasteiger partial charge in [0.25, 0.3) is 0 Å². The van der Waals surface area contributed by atoms with Gasteiger partial charge in [-0.15, -0.1) is 0 Å². The monoisotopic (exact) mass is 225 g/mol. The van der Waals surface area contributed by atoms with Crippen molar-refractivity contribution < 1.29 is 9.90 Å². The van der Waals surface area contributed by atoms with Gasteiger partial charge in [0.1, 0.15) is 0 Å². The molecule has 1 heterocycles. The van der Waals surface area contributed by atoms with Gasteiger partial charge in [-0.05, 0) is 45.2 Å². The van der Waals surface area contributed by atoms with Crippen LogP contribution in [0.4, 0.5) is 0 Å². The van der Waals surface area contributed by atoms with Crippen molar-refractivity contribution in [3.05, 3.63) is 0 Å². The fourth-order valence-electron chi connectivity index (χ4n) is 3.21. The number of likely N-dealkylation sites (tertiary alicyclic amines) is 1. The first-order valence-electron chi connectivity index (χ1n) is 6.57. The number of hydrogen-bond acceptors (Lipinski definition) is 2. The molecule has 0 aromatic rings. The van der Waals surface area contributed by atoms with Crippen LogP contribution < -0.4 is 0 Å². The van der Waals surface area contributed by atoms with E-state index in [4.69, 9.17) is 5.11 Å². The van der Waals surface area contributed by atoms with Crippen molar-refractivity contribution in [2.75, 3.05) is 13.1 Å². The van der Waals surface area contributed by atoms with E-state index in [2.05, 4.69) is 11.8 Å². The quantitative estimate of drug-likeness (QED) is 0.781. The van der Waals surface area contributed by atoms with Gasteiger partial charge in [0, 0.05) is 5.54 Å². The summed E-state index contributed by atoms with van der Waals surface area (Å²) in [5, 5.41) is 9.09. The minimum Gasteiger partial charge on any atom is -0.481 e. The Morgan fingerprint density at radius 3 is 2.38 bits per heavy atom. The minimum absolute atomic E-state index is 0.0899. The Morgan fingerprint density at radius 2 is 1.94 bits per heavy atom. The number of hydrogen-bond donors (Lipinski definition) is 1. The lowest BCUT2D eigenvalue weighted by Crippen LogP contribution is -2.48. The average Bonchev–Trinajstić information content (AvgIpc) is 2.63. The third-order valence-electron chi connectivity index (χ3n) is 4.35. The highest BCUT2D eigenvalue weighted by Crippen LogP contribution is 2.38. The van der Waals surface area contributed by atoms with E-state index in [0.29, 0.717) is 6.42 Å². The fourth-order valence-corrected chi connectivity index (χ4v) is 3.21. The maximum atomic E-state index is 11.0. The van der Waals surface area contributed by atoms with E-state index < -0.39 is 5.97 Å². The Hall–Kier alpha value is -0.570. The summed E-state index contributed by atoms with van der Waals surface area (Å²) in [5.74, 6) is 0.138. The van der Waals surface area contributed by atoms with Gasteiger partial charge >= 0.3 is 5.97 Å². The van der Waals surface area contributed by atoms with Gasteiger partial charge in [0.15, 0.2) is 0 Å². The zero-order valence-electron chi connectivity index (χ0n) is 10.2. The highest BCUT2D eigenvalue weighted by molar-refractivity contribution is 5.68. The van der Waals surface area contributed by atoms with Crippen LogP contribution in [0, 0.1) is 5.92 Å². The van der Waals surface area contributed by atoms with Crippen molar-refractivity contribution in [3.8, 4) is 0 Å². The van der Waals surface area contributed by atoms with Gasteiger partial charge < -0.3 is 5.11 Å². The molecule has 2 rings (SSSR count). The maximum Gasteiger partial charge on any atom is 0.305 e. The van der Waals surface area contributed by atoms with E-state index in [-0.39, 0.29) is 5.54 Å². The maximum absolute atomic E-state index is 11.0. The van der Waals surface area contributed by atoms with Crippen molar-refractivity contribution in [1.82, 2.24) is 4.90 Å². The molecule has 0 aromatic heterocycles. The molecule has 16 heavy (non-hydrogen) atoms. The number of aliphatic carboxylic acids is 1. The number of rotatable bonds is 5. The van der Waals surface area contributed by atoms with Crippen LogP contribution in [0.1, 0.15) is 51.9 Å². The summed E-state index contributed by atoms with van der Waals surface area (Å²) in [4.78, 5) is 13.4. The second-order valence-electron chi connectivity index (χ2n) is 5.76. The Kier molecular flexibility index (Phi) is 3.53. The third kappa shape index (κ3) is 2.57. The highest BCUT2D eigenvalue weighted by atomic mass is 16.4. The minimum atomic E-state index is -0.645. The van der Waals surface area contributed by atoms with Crippen LogP contribution in [0.5, 0.6) is 0 Å². The molecule has 0 aromatic carbocycles.